The van der Waals surface area contributed by atoms with E-state index in [9.17, 15) is 9.18 Å². The van der Waals surface area contributed by atoms with Crippen molar-refractivity contribution in [3.63, 3.8) is 0 Å². The van der Waals surface area contributed by atoms with Gasteiger partial charge in [-0.1, -0.05) is 23.7 Å². The number of fused-ring (bicyclic) bond motifs is 1. The molecule has 2 aromatic carbocycles. The molecule has 0 bridgehead atoms. The van der Waals surface area contributed by atoms with E-state index in [4.69, 9.17) is 21.1 Å². The predicted octanol–water partition coefficient (Wildman–Crippen LogP) is 4.75. The Morgan fingerprint density at radius 2 is 1.96 bits per heavy atom. The largest absolute Gasteiger partial charge is 0.478 e. The molecule has 1 N–H and O–H groups in total. The highest BCUT2D eigenvalue weighted by Gasteiger charge is 2.19. The Kier molecular flexibility index (Phi) is 3.54. The molecule has 5 nitrogen and oxygen atoms in total. The number of hydrogen-bond donors (Lipinski definition) is 1. The number of rotatable bonds is 3. The maximum absolute atomic E-state index is 14.3. The molecule has 2 heterocycles. The normalized spacial score (nSPS) is 11.1. The molecule has 0 saturated carbocycles. The van der Waals surface area contributed by atoms with Crippen molar-refractivity contribution in [2.24, 2.45) is 0 Å². The molecule has 7 heteroatoms. The van der Waals surface area contributed by atoms with Crippen LogP contribution in [0.1, 0.15) is 10.4 Å². The van der Waals surface area contributed by atoms with Crippen molar-refractivity contribution in [2.45, 2.75) is 0 Å². The van der Waals surface area contributed by atoms with Crippen LogP contribution in [0.3, 0.4) is 0 Å². The maximum atomic E-state index is 14.3. The third-order valence-electron chi connectivity index (χ3n) is 3.83. The molecule has 0 atom stereocenters. The third-order valence-corrected chi connectivity index (χ3v) is 4.07. The van der Waals surface area contributed by atoms with Crippen molar-refractivity contribution in [3.05, 3.63) is 71.3 Å². The lowest BCUT2D eigenvalue weighted by molar-refractivity contribution is 0.0697. The van der Waals surface area contributed by atoms with Crippen molar-refractivity contribution in [1.82, 2.24) is 9.38 Å². The van der Waals surface area contributed by atoms with Crippen LogP contribution in [0.25, 0.3) is 28.4 Å². The molecule has 124 valence electrons. The van der Waals surface area contributed by atoms with Gasteiger partial charge in [-0.2, -0.15) is 0 Å². The summed E-state index contributed by atoms with van der Waals surface area (Å²) in [5, 5.41) is 9.29. The van der Waals surface area contributed by atoms with Gasteiger partial charge in [-0.25, -0.2) is 14.2 Å². The van der Waals surface area contributed by atoms with E-state index in [0.29, 0.717) is 27.8 Å². The number of halogens is 2. The fraction of sp³-hybridized carbons (Fsp3) is 0. The van der Waals surface area contributed by atoms with Crippen molar-refractivity contribution in [3.8, 4) is 22.6 Å². The molecule has 0 aliphatic heterocycles. The van der Waals surface area contributed by atoms with Gasteiger partial charge in [0.15, 0.2) is 0 Å². The third kappa shape index (κ3) is 2.56. The number of oxazole rings is 1. The number of hydrogen-bond acceptors (Lipinski definition) is 3. The van der Waals surface area contributed by atoms with Crippen molar-refractivity contribution < 1.29 is 18.7 Å². The first-order valence-corrected chi connectivity index (χ1v) is 7.67. The average molecular weight is 357 g/mol. The molecule has 0 aliphatic carbocycles. The first-order chi connectivity index (χ1) is 12.0. The van der Waals surface area contributed by atoms with E-state index in [1.807, 2.05) is 0 Å². The first-order valence-electron chi connectivity index (χ1n) is 7.29. The molecule has 0 radical (unpaired) electrons. The second-order valence-electron chi connectivity index (χ2n) is 5.37. The van der Waals surface area contributed by atoms with Crippen molar-refractivity contribution in [1.29, 1.82) is 0 Å². The Hall–Kier alpha value is -3.12. The van der Waals surface area contributed by atoms with Crippen LogP contribution in [0, 0.1) is 5.82 Å². The summed E-state index contributed by atoms with van der Waals surface area (Å²) in [5.41, 5.74) is 1.86. The molecule has 4 aromatic rings. The van der Waals surface area contributed by atoms with Crippen molar-refractivity contribution in [2.75, 3.05) is 0 Å². The molecular formula is C18H10ClFN2O3. The van der Waals surface area contributed by atoms with Gasteiger partial charge in [-0.15, -0.1) is 0 Å². The zero-order valence-electron chi connectivity index (χ0n) is 12.6. The predicted molar refractivity (Wildman–Crippen MR) is 90.3 cm³/mol. The fourth-order valence-corrected chi connectivity index (χ4v) is 2.81. The van der Waals surface area contributed by atoms with Crippen LogP contribution >= 0.6 is 11.6 Å². The summed E-state index contributed by atoms with van der Waals surface area (Å²) in [7, 11) is 0. The van der Waals surface area contributed by atoms with E-state index in [-0.39, 0.29) is 11.1 Å². The maximum Gasteiger partial charge on any atom is 0.335 e. The lowest BCUT2D eigenvalue weighted by atomic mass is 10.1. The van der Waals surface area contributed by atoms with E-state index in [2.05, 4.69) is 4.98 Å². The zero-order valence-corrected chi connectivity index (χ0v) is 13.4. The van der Waals surface area contributed by atoms with Crippen LogP contribution in [0.2, 0.25) is 5.02 Å². The van der Waals surface area contributed by atoms with Crippen LogP contribution < -0.4 is 0 Å². The minimum Gasteiger partial charge on any atom is -0.478 e. The number of benzene rings is 2. The number of aromatic nitrogens is 2. The number of aromatic carboxylic acids is 1. The molecule has 0 spiro atoms. The fourth-order valence-electron chi connectivity index (χ4n) is 2.65. The highest BCUT2D eigenvalue weighted by molar-refractivity contribution is 6.30. The molecular weight excluding hydrogens is 347 g/mol. The second-order valence-corrected chi connectivity index (χ2v) is 5.81. The summed E-state index contributed by atoms with van der Waals surface area (Å²) in [6, 6.07) is 10.6. The van der Waals surface area contributed by atoms with Gasteiger partial charge in [0.05, 0.1) is 5.56 Å². The Morgan fingerprint density at radius 1 is 1.20 bits per heavy atom. The van der Waals surface area contributed by atoms with Gasteiger partial charge in [0.2, 0.25) is 5.71 Å². The molecule has 4 rings (SSSR count). The van der Waals surface area contributed by atoms with E-state index in [0.717, 1.165) is 0 Å². The Morgan fingerprint density at radius 3 is 2.64 bits per heavy atom. The minimum atomic E-state index is -1.01. The lowest BCUT2D eigenvalue weighted by Gasteiger charge is -2.00. The number of carboxylic acid groups (broad SMARTS) is 1. The van der Waals surface area contributed by atoms with Gasteiger partial charge in [0.25, 0.3) is 0 Å². The SMILES string of the molecule is O=C(O)c1ccc(-c2nc(-c3ccc(Cl)cc3F)c3occn23)cc1. The Balaban J connectivity index is 1.89. The summed E-state index contributed by atoms with van der Waals surface area (Å²) in [5.74, 6) is -0.992. The van der Waals surface area contributed by atoms with Gasteiger partial charge in [0.1, 0.15) is 23.6 Å². The molecule has 0 unspecified atom stereocenters. The summed E-state index contributed by atoms with van der Waals surface area (Å²) in [4.78, 5) is 15.5. The summed E-state index contributed by atoms with van der Waals surface area (Å²) < 4.78 is 21.4. The Labute approximate surface area is 145 Å². The second kappa shape index (κ2) is 5.75. The molecule has 2 aromatic heterocycles. The summed E-state index contributed by atoms with van der Waals surface area (Å²) in [6.45, 7) is 0. The first kappa shape index (κ1) is 15.4. The van der Waals surface area contributed by atoms with Gasteiger partial charge in [0, 0.05) is 22.3 Å². The highest BCUT2D eigenvalue weighted by Crippen LogP contribution is 2.32. The molecule has 0 fully saturated rings. The van der Waals surface area contributed by atoms with Gasteiger partial charge < -0.3 is 9.52 Å². The van der Waals surface area contributed by atoms with Crippen LogP contribution in [-0.4, -0.2) is 20.5 Å². The van der Waals surface area contributed by atoms with E-state index in [1.54, 1.807) is 34.9 Å². The van der Waals surface area contributed by atoms with Crippen LogP contribution in [-0.2, 0) is 0 Å². The van der Waals surface area contributed by atoms with E-state index >= 15 is 0 Å². The molecule has 25 heavy (non-hydrogen) atoms. The standard InChI is InChI=1S/C18H10ClFN2O3/c19-12-5-6-13(14(20)9-12)15-17-22(7-8-25-17)16(21-15)10-1-3-11(4-2-10)18(23)24/h1-9H,(H,23,24). The number of imidazole rings is 1. The van der Waals surface area contributed by atoms with E-state index < -0.39 is 11.8 Å². The van der Waals surface area contributed by atoms with Gasteiger partial charge in [-0.05, 0) is 30.3 Å². The highest BCUT2D eigenvalue weighted by atomic mass is 35.5. The van der Waals surface area contributed by atoms with Crippen LogP contribution in [0.15, 0.2) is 59.3 Å². The molecule has 0 saturated heterocycles. The van der Waals surface area contributed by atoms with Crippen LogP contribution in [0.5, 0.6) is 0 Å². The monoisotopic (exact) mass is 356 g/mol. The molecule has 0 aliphatic rings. The number of carbonyl (C=O) groups is 1. The number of nitrogens with zero attached hydrogens (tertiary/aromatic N) is 2. The zero-order chi connectivity index (χ0) is 17.6. The summed E-state index contributed by atoms with van der Waals surface area (Å²) >= 11 is 5.81. The van der Waals surface area contributed by atoms with Gasteiger partial charge >= 0.3 is 5.97 Å². The van der Waals surface area contributed by atoms with Crippen LogP contribution in [0.4, 0.5) is 4.39 Å². The lowest BCUT2D eigenvalue weighted by Crippen LogP contribution is -1.95. The molecule has 0 amide bonds. The smallest absolute Gasteiger partial charge is 0.335 e. The van der Waals surface area contributed by atoms with Crippen molar-refractivity contribution >= 4 is 23.3 Å². The summed E-state index contributed by atoms with van der Waals surface area (Å²) in [6.07, 6.45) is 3.14. The van der Waals surface area contributed by atoms with E-state index in [1.165, 1.54) is 24.5 Å². The average Bonchev–Trinajstić information content (AvgIpc) is 3.18. The topological polar surface area (TPSA) is 67.7 Å². The Bertz CT molecular complexity index is 1100. The minimum absolute atomic E-state index is 0.174. The quantitative estimate of drug-likeness (QED) is 0.575. The number of carboxylic acids is 1. The van der Waals surface area contributed by atoms with Gasteiger partial charge in [-0.3, -0.25) is 4.40 Å².